The first-order chi connectivity index (χ1) is 6.14. The van der Waals surface area contributed by atoms with E-state index in [0.29, 0.717) is 5.56 Å². The van der Waals surface area contributed by atoms with Crippen molar-refractivity contribution in [3.63, 3.8) is 0 Å². The standard InChI is InChI=1S/C8H7NO3S/c9-7-12-13(10,11)6-8-4-2-1-3-5-8/h1-5H,6H2. The third kappa shape index (κ3) is 3.13. The van der Waals surface area contributed by atoms with Crippen LogP contribution in [0.15, 0.2) is 30.3 Å². The first-order valence-electron chi connectivity index (χ1n) is 3.48. The molecule has 13 heavy (non-hydrogen) atoms. The van der Waals surface area contributed by atoms with Crippen LogP contribution in [-0.2, 0) is 20.1 Å². The number of benzene rings is 1. The lowest BCUT2D eigenvalue weighted by Crippen LogP contribution is -2.05. The van der Waals surface area contributed by atoms with E-state index in [9.17, 15) is 8.42 Å². The van der Waals surface area contributed by atoms with Crippen molar-refractivity contribution in [1.82, 2.24) is 0 Å². The van der Waals surface area contributed by atoms with Gasteiger partial charge in [0, 0.05) is 0 Å². The second-order valence-electron chi connectivity index (χ2n) is 2.36. The van der Waals surface area contributed by atoms with Crippen molar-refractivity contribution in [3.05, 3.63) is 35.9 Å². The highest BCUT2D eigenvalue weighted by atomic mass is 32.2. The third-order valence-electron chi connectivity index (χ3n) is 1.35. The van der Waals surface area contributed by atoms with Crippen LogP contribution < -0.4 is 0 Å². The predicted octanol–water partition coefficient (Wildman–Crippen LogP) is 1.01. The van der Waals surface area contributed by atoms with Gasteiger partial charge in [0.25, 0.3) is 0 Å². The summed E-state index contributed by atoms with van der Waals surface area (Å²) in [5.74, 6) is -0.276. The molecule has 0 amide bonds. The van der Waals surface area contributed by atoms with Crippen molar-refractivity contribution >= 4 is 10.1 Å². The SMILES string of the molecule is N#COS(=O)(=O)Cc1ccccc1. The zero-order chi connectivity index (χ0) is 9.73. The van der Waals surface area contributed by atoms with Crippen LogP contribution in [0.1, 0.15) is 5.56 Å². The van der Waals surface area contributed by atoms with Crippen LogP contribution in [-0.4, -0.2) is 8.42 Å². The Balaban J connectivity index is 2.77. The van der Waals surface area contributed by atoms with E-state index >= 15 is 0 Å². The molecule has 0 aliphatic heterocycles. The molecule has 1 rings (SSSR count). The van der Waals surface area contributed by atoms with Gasteiger partial charge >= 0.3 is 16.4 Å². The van der Waals surface area contributed by atoms with E-state index < -0.39 is 10.1 Å². The van der Waals surface area contributed by atoms with Crippen LogP contribution in [0.2, 0.25) is 0 Å². The molecule has 0 unspecified atom stereocenters. The minimum atomic E-state index is -3.75. The van der Waals surface area contributed by atoms with Gasteiger partial charge in [-0.15, -0.1) is 5.26 Å². The van der Waals surface area contributed by atoms with Crippen molar-refractivity contribution in [2.75, 3.05) is 0 Å². The lowest BCUT2D eigenvalue weighted by molar-refractivity contribution is 0.458. The van der Waals surface area contributed by atoms with Crippen molar-refractivity contribution in [2.45, 2.75) is 5.75 Å². The molecule has 0 spiro atoms. The normalized spacial score (nSPS) is 10.4. The number of nitriles is 1. The van der Waals surface area contributed by atoms with Gasteiger partial charge in [-0.1, -0.05) is 30.3 Å². The fourth-order valence-electron chi connectivity index (χ4n) is 0.865. The molecule has 0 fully saturated rings. The van der Waals surface area contributed by atoms with Crippen LogP contribution in [0.3, 0.4) is 0 Å². The number of rotatable bonds is 3. The van der Waals surface area contributed by atoms with Gasteiger partial charge in [-0.05, 0) is 5.56 Å². The fraction of sp³-hybridized carbons (Fsp3) is 0.125. The van der Waals surface area contributed by atoms with Gasteiger partial charge in [0.15, 0.2) is 0 Å². The van der Waals surface area contributed by atoms with E-state index in [1.54, 1.807) is 30.3 Å². The molecule has 0 saturated heterocycles. The average Bonchev–Trinajstić information content (AvgIpc) is 2.04. The number of hydrogen-bond donors (Lipinski definition) is 0. The lowest BCUT2D eigenvalue weighted by atomic mass is 10.2. The summed E-state index contributed by atoms with van der Waals surface area (Å²) in [6.07, 6.45) is 1.14. The molecule has 0 heterocycles. The highest BCUT2D eigenvalue weighted by Crippen LogP contribution is 2.06. The molecular weight excluding hydrogens is 190 g/mol. The summed E-state index contributed by atoms with van der Waals surface area (Å²) in [4.78, 5) is 0. The van der Waals surface area contributed by atoms with Gasteiger partial charge in [0.05, 0.1) is 0 Å². The monoisotopic (exact) mass is 197 g/mol. The van der Waals surface area contributed by atoms with Crippen LogP contribution in [0.25, 0.3) is 0 Å². The van der Waals surface area contributed by atoms with Crippen molar-refractivity contribution in [2.24, 2.45) is 0 Å². The summed E-state index contributed by atoms with van der Waals surface area (Å²) < 4.78 is 25.8. The number of hydrogen-bond acceptors (Lipinski definition) is 4. The van der Waals surface area contributed by atoms with Gasteiger partial charge in [0.2, 0.25) is 0 Å². The van der Waals surface area contributed by atoms with Gasteiger partial charge in [0.1, 0.15) is 5.75 Å². The highest BCUT2D eigenvalue weighted by molar-refractivity contribution is 7.86. The summed E-state index contributed by atoms with van der Waals surface area (Å²) in [6, 6.07) is 8.52. The van der Waals surface area contributed by atoms with Gasteiger partial charge in [-0.2, -0.15) is 8.42 Å². The van der Waals surface area contributed by atoms with E-state index in [2.05, 4.69) is 4.18 Å². The maximum absolute atomic E-state index is 11.0. The Labute approximate surface area is 76.5 Å². The van der Waals surface area contributed by atoms with E-state index in [1.807, 2.05) is 0 Å². The predicted molar refractivity (Wildman–Crippen MR) is 45.8 cm³/mol. The quantitative estimate of drug-likeness (QED) is 0.535. The molecule has 5 heteroatoms. The minimum Gasteiger partial charge on any atom is -0.302 e. The smallest absolute Gasteiger partial charge is 0.302 e. The third-order valence-corrected chi connectivity index (χ3v) is 2.37. The molecule has 0 radical (unpaired) electrons. The summed E-state index contributed by atoms with van der Waals surface area (Å²) in [7, 11) is -3.75. The first-order valence-corrected chi connectivity index (χ1v) is 5.06. The Morgan fingerprint density at radius 1 is 1.31 bits per heavy atom. The van der Waals surface area contributed by atoms with Crippen LogP contribution in [0.4, 0.5) is 0 Å². The molecule has 0 atom stereocenters. The minimum absolute atomic E-state index is 0.276. The Morgan fingerprint density at radius 2 is 1.92 bits per heavy atom. The lowest BCUT2D eigenvalue weighted by Gasteiger charge is -1.98. The van der Waals surface area contributed by atoms with E-state index in [0.717, 1.165) is 6.26 Å². The molecule has 0 saturated carbocycles. The summed E-state index contributed by atoms with van der Waals surface area (Å²) in [5, 5.41) is 8.03. The van der Waals surface area contributed by atoms with E-state index in [-0.39, 0.29) is 5.75 Å². The summed E-state index contributed by atoms with van der Waals surface area (Å²) in [6.45, 7) is 0. The zero-order valence-electron chi connectivity index (χ0n) is 6.67. The maximum atomic E-state index is 11.0. The second kappa shape index (κ2) is 3.92. The molecule has 1 aromatic rings. The van der Waals surface area contributed by atoms with Crippen LogP contribution in [0, 0.1) is 11.5 Å². The van der Waals surface area contributed by atoms with Gasteiger partial charge < -0.3 is 4.18 Å². The van der Waals surface area contributed by atoms with Crippen molar-refractivity contribution < 1.29 is 12.6 Å². The highest BCUT2D eigenvalue weighted by Gasteiger charge is 2.11. The van der Waals surface area contributed by atoms with Crippen molar-refractivity contribution in [3.8, 4) is 6.26 Å². The maximum Gasteiger partial charge on any atom is 0.323 e. The average molecular weight is 197 g/mol. The largest absolute Gasteiger partial charge is 0.323 e. The Hall–Kier alpha value is -1.54. The van der Waals surface area contributed by atoms with E-state index in [4.69, 9.17) is 5.26 Å². The van der Waals surface area contributed by atoms with Crippen LogP contribution >= 0.6 is 0 Å². The Morgan fingerprint density at radius 3 is 2.46 bits per heavy atom. The van der Waals surface area contributed by atoms with Gasteiger partial charge in [-0.3, -0.25) is 0 Å². The second-order valence-corrected chi connectivity index (χ2v) is 3.93. The topological polar surface area (TPSA) is 67.2 Å². The molecule has 68 valence electrons. The summed E-state index contributed by atoms with van der Waals surface area (Å²) in [5.41, 5.74) is 0.595. The fourth-order valence-corrected chi connectivity index (χ4v) is 1.64. The molecular formula is C8H7NO3S. The first kappa shape index (κ1) is 9.55. The van der Waals surface area contributed by atoms with Crippen molar-refractivity contribution in [1.29, 1.82) is 5.26 Å². The molecule has 0 bridgehead atoms. The van der Waals surface area contributed by atoms with Gasteiger partial charge in [-0.25, -0.2) is 0 Å². The van der Waals surface area contributed by atoms with Crippen LogP contribution in [0.5, 0.6) is 0 Å². The molecule has 0 aromatic heterocycles. The molecule has 1 aromatic carbocycles. The molecule has 0 aliphatic carbocycles. The molecule has 0 aliphatic rings. The molecule has 4 nitrogen and oxygen atoms in total. The number of nitrogens with zero attached hydrogens (tertiary/aromatic N) is 1. The zero-order valence-corrected chi connectivity index (χ0v) is 7.49. The molecule has 0 N–H and O–H groups in total. The Bertz CT molecular complexity index is 405. The summed E-state index contributed by atoms with van der Waals surface area (Å²) >= 11 is 0. The Kier molecular flexibility index (Phi) is 2.88. The van der Waals surface area contributed by atoms with E-state index in [1.165, 1.54) is 0 Å².